The van der Waals surface area contributed by atoms with Gasteiger partial charge in [0.1, 0.15) is 6.67 Å². The predicted molar refractivity (Wildman–Crippen MR) is 39.1 cm³/mol. The number of halogens is 2. The van der Waals surface area contributed by atoms with Crippen LogP contribution in [0, 0.1) is 0 Å². The maximum atomic E-state index is 10.6. The van der Waals surface area contributed by atoms with Crippen LogP contribution in [0.25, 0.3) is 0 Å². The van der Waals surface area contributed by atoms with E-state index in [1.54, 1.807) is 0 Å². The molecule has 64 valence electrons. The Bertz CT molecular complexity index is 244. The lowest BCUT2D eigenvalue weighted by atomic mass is 10.7. The van der Waals surface area contributed by atoms with Crippen LogP contribution in [0.1, 0.15) is 0 Å². The first-order valence-corrected chi connectivity index (χ1v) is 4.45. The summed E-state index contributed by atoms with van der Waals surface area (Å²) in [5.41, 5.74) is 0. The number of hydrogen-bond acceptors (Lipinski definition) is 3. The highest BCUT2D eigenvalue weighted by Crippen LogP contribution is 1.93. The summed E-state index contributed by atoms with van der Waals surface area (Å²) in [6, 6.07) is 0. The lowest BCUT2D eigenvalue weighted by molar-refractivity contribution is 0.562. The minimum absolute atomic E-state index is 0.417. The first-order valence-electron chi connectivity index (χ1n) is 2.18. The summed E-state index contributed by atoms with van der Waals surface area (Å²) < 4.78 is 31.9. The van der Waals surface area contributed by atoms with E-state index < -0.39 is 15.9 Å². The fourth-order valence-electron chi connectivity index (χ4n) is 0.0445. The fourth-order valence-corrected chi connectivity index (χ4v) is 0.218. The number of allylic oxidation sites excluding steroid dienone is 1. The molecule has 0 saturated carbocycles. The van der Waals surface area contributed by atoms with Crippen molar-refractivity contribution < 1.29 is 17.6 Å². The summed E-state index contributed by atoms with van der Waals surface area (Å²) in [6.45, 7) is 2.69. The molecule has 0 aromatic heterocycles. The molecule has 0 rings (SSSR count). The summed E-state index contributed by atoms with van der Waals surface area (Å²) in [4.78, 5) is 9.07. The van der Waals surface area contributed by atoms with Crippen molar-refractivity contribution in [2.45, 2.75) is 0 Å². The molecule has 7 heteroatoms. The van der Waals surface area contributed by atoms with Gasteiger partial charge in [0.05, 0.1) is 0 Å². The minimum atomic E-state index is -4.00. The van der Waals surface area contributed by atoms with Crippen molar-refractivity contribution in [3.63, 3.8) is 0 Å². The zero-order valence-corrected chi connectivity index (χ0v) is 6.90. The Balaban J connectivity index is 0. The molecule has 0 radical (unpaired) electrons. The van der Waals surface area contributed by atoms with Gasteiger partial charge in [-0.15, -0.1) is 6.58 Å². The van der Waals surface area contributed by atoms with Crippen molar-refractivity contribution >= 4 is 26.0 Å². The second-order valence-corrected chi connectivity index (χ2v) is 3.21. The average molecular weight is 202 g/mol. The standard InChI is InChI=1S/C3H5F.CClNO3S/c1-2-3-4;2-7(5,6)3-1-4/h2H,1,3H2;. The molecule has 0 aromatic carbocycles. The smallest absolute Gasteiger partial charge is 0.247 e. The van der Waals surface area contributed by atoms with Gasteiger partial charge in [-0.25, -0.2) is 9.18 Å². The molecule has 0 saturated heterocycles. The monoisotopic (exact) mass is 201 g/mol. The highest BCUT2D eigenvalue weighted by Gasteiger charge is 1.95. The van der Waals surface area contributed by atoms with E-state index in [4.69, 9.17) is 4.79 Å². The largest absolute Gasteiger partial charge is 0.350 e. The number of rotatable bonds is 2. The normalized spacial score (nSPS) is 8.55. The topological polar surface area (TPSA) is 63.6 Å². The van der Waals surface area contributed by atoms with Gasteiger partial charge in [0.15, 0.2) is 0 Å². The van der Waals surface area contributed by atoms with Crippen LogP contribution < -0.4 is 0 Å². The quantitative estimate of drug-likeness (QED) is 0.289. The van der Waals surface area contributed by atoms with Gasteiger partial charge in [-0.2, -0.15) is 8.42 Å². The second kappa shape index (κ2) is 7.40. The van der Waals surface area contributed by atoms with Crippen LogP contribution >= 0.6 is 10.7 Å². The molecule has 11 heavy (non-hydrogen) atoms. The van der Waals surface area contributed by atoms with Crippen LogP contribution in [0.5, 0.6) is 0 Å². The third kappa shape index (κ3) is 26.8. The predicted octanol–water partition coefficient (Wildman–Crippen LogP) is 0.948. The van der Waals surface area contributed by atoms with Crippen molar-refractivity contribution in [2.75, 3.05) is 6.67 Å². The van der Waals surface area contributed by atoms with E-state index in [0.29, 0.717) is 0 Å². The summed E-state index contributed by atoms with van der Waals surface area (Å²) in [7, 11) is 0.376. The van der Waals surface area contributed by atoms with Gasteiger partial charge in [-0.05, 0) is 0 Å². The van der Waals surface area contributed by atoms with Crippen LogP contribution in [-0.4, -0.2) is 21.2 Å². The maximum Gasteiger partial charge on any atom is 0.350 e. The highest BCUT2D eigenvalue weighted by atomic mass is 35.7. The van der Waals surface area contributed by atoms with Gasteiger partial charge in [-0.1, -0.05) is 10.5 Å². The van der Waals surface area contributed by atoms with Crippen LogP contribution in [-0.2, 0) is 14.0 Å². The van der Waals surface area contributed by atoms with E-state index in [1.807, 2.05) is 0 Å². The summed E-state index contributed by atoms with van der Waals surface area (Å²) in [6.07, 6.45) is 1.97. The molecular formula is C4H5ClFNO3S. The van der Waals surface area contributed by atoms with Gasteiger partial charge in [-0.3, -0.25) is 0 Å². The Morgan fingerprint density at radius 2 is 2.09 bits per heavy atom. The molecule has 0 unspecified atom stereocenters. The van der Waals surface area contributed by atoms with E-state index in [0.717, 1.165) is 6.08 Å². The van der Waals surface area contributed by atoms with Crippen LogP contribution in [0.15, 0.2) is 17.1 Å². The first-order chi connectivity index (χ1) is 4.97. The Morgan fingerprint density at radius 3 is 2.09 bits per heavy atom. The van der Waals surface area contributed by atoms with Crippen molar-refractivity contribution in [3.8, 4) is 0 Å². The molecule has 4 nitrogen and oxygen atoms in total. The van der Waals surface area contributed by atoms with Gasteiger partial charge < -0.3 is 0 Å². The fraction of sp³-hybridized carbons (Fsp3) is 0.250. The Kier molecular flexibility index (Phi) is 8.69. The molecular weight excluding hydrogens is 197 g/mol. The molecule has 0 aromatic rings. The highest BCUT2D eigenvalue weighted by molar-refractivity contribution is 8.12. The molecule has 0 aliphatic carbocycles. The molecule has 0 aliphatic rings. The third-order valence-electron chi connectivity index (χ3n) is 0.255. The van der Waals surface area contributed by atoms with E-state index in [1.165, 1.54) is 6.08 Å². The second-order valence-electron chi connectivity index (χ2n) is 1.04. The summed E-state index contributed by atoms with van der Waals surface area (Å²) >= 11 is 0. The molecule has 0 fully saturated rings. The number of isocyanates is 1. The minimum Gasteiger partial charge on any atom is -0.247 e. The Morgan fingerprint density at radius 1 is 1.73 bits per heavy atom. The number of alkyl halides is 1. The summed E-state index contributed by atoms with van der Waals surface area (Å²) in [5, 5.41) is 0. The maximum absolute atomic E-state index is 10.6. The molecule has 0 spiro atoms. The van der Waals surface area contributed by atoms with Crippen molar-refractivity contribution in [1.82, 2.24) is 0 Å². The van der Waals surface area contributed by atoms with Gasteiger partial charge in [0, 0.05) is 10.7 Å². The molecule has 0 amide bonds. The lowest BCUT2D eigenvalue weighted by Crippen LogP contribution is -1.76. The molecule has 0 heterocycles. The lowest BCUT2D eigenvalue weighted by Gasteiger charge is -1.67. The SMILES string of the molecule is C=CCF.O=C=NS(=O)(=O)Cl. The average Bonchev–Trinajstić information content (AvgIpc) is 1.86. The van der Waals surface area contributed by atoms with E-state index in [2.05, 4.69) is 21.7 Å². The van der Waals surface area contributed by atoms with E-state index in [-0.39, 0.29) is 0 Å². The van der Waals surface area contributed by atoms with Gasteiger partial charge in [0.25, 0.3) is 6.08 Å². The van der Waals surface area contributed by atoms with Gasteiger partial charge in [0.2, 0.25) is 0 Å². The zero-order chi connectivity index (χ0) is 9.33. The van der Waals surface area contributed by atoms with Crippen LogP contribution in [0.3, 0.4) is 0 Å². The van der Waals surface area contributed by atoms with Crippen LogP contribution in [0.4, 0.5) is 4.39 Å². The van der Waals surface area contributed by atoms with Crippen LogP contribution in [0.2, 0.25) is 0 Å². The van der Waals surface area contributed by atoms with Crippen molar-refractivity contribution in [1.29, 1.82) is 0 Å². The number of carbonyl (C=O) groups excluding carboxylic acids is 1. The molecule has 0 atom stereocenters. The Labute approximate surface area is 67.9 Å². The van der Waals surface area contributed by atoms with E-state index >= 15 is 0 Å². The Hall–Kier alpha value is -0.710. The molecule has 0 bridgehead atoms. The molecule has 0 aliphatic heterocycles. The van der Waals surface area contributed by atoms with E-state index in [9.17, 15) is 12.8 Å². The number of nitrogens with zero attached hydrogens (tertiary/aromatic N) is 1. The number of hydrogen-bond donors (Lipinski definition) is 0. The van der Waals surface area contributed by atoms with Gasteiger partial charge >= 0.3 is 9.24 Å². The summed E-state index contributed by atoms with van der Waals surface area (Å²) in [5.74, 6) is 0. The van der Waals surface area contributed by atoms with Crippen molar-refractivity contribution in [3.05, 3.63) is 12.7 Å². The first kappa shape index (κ1) is 12.9. The zero-order valence-electron chi connectivity index (χ0n) is 5.33. The molecule has 0 N–H and O–H groups in total. The van der Waals surface area contributed by atoms with Crippen molar-refractivity contribution in [2.24, 2.45) is 4.40 Å². The third-order valence-corrected chi connectivity index (χ3v) is 0.755.